The van der Waals surface area contributed by atoms with Gasteiger partial charge in [0.05, 0.1) is 0 Å². The summed E-state index contributed by atoms with van der Waals surface area (Å²) in [5.74, 6) is -0.882. The number of primary amides is 1. The average Bonchev–Trinajstić information content (AvgIpc) is 2.57. The van der Waals surface area contributed by atoms with Gasteiger partial charge in [-0.3, -0.25) is 9.78 Å². The maximum absolute atomic E-state index is 13.2. The number of nitrogens with zero attached hydrogens (tertiary/aromatic N) is 3. The van der Waals surface area contributed by atoms with Crippen molar-refractivity contribution in [3.8, 4) is 11.4 Å². The van der Waals surface area contributed by atoms with Crippen molar-refractivity contribution in [2.75, 3.05) is 5.32 Å². The molecule has 3 N–H and O–H groups in total. The Morgan fingerprint density at radius 1 is 1.19 bits per heavy atom. The number of pyridine rings is 1. The zero-order valence-corrected chi connectivity index (χ0v) is 15.3. The van der Waals surface area contributed by atoms with Gasteiger partial charge in [0.2, 0.25) is 5.91 Å². The van der Waals surface area contributed by atoms with Gasteiger partial charge in [0, 0.05) is 24.0 Å². The molecule has 2 aromatic heterocycles. The molecule has 0 saturated heterocycles. The number of carbonyl (C=O) groups excluding carboxylic acids is 1. The highest BCUT2D eigenvalue weighted by Crippen LogP contribution is 2.31. The molecule has 0 saturated carbocycles. The Kier molecular flexibility index (Phi) is 6.02. The van der Waals surface area contributed by atoms with Crippen LogP contribution in [0.1, 0.15) is 39.3 Å². The number of nitrogens with two attached hydrogens (primary N) is 1. The molecule has 1 atom stereocenters. The fourth-order valence-electron chi connectivity index (χ4n) is 2.34. The summed E-state index contributed by atoms with van der Waals surface area (Å²) in [5.41, 5.74) is 4.63. The summed E-state index contributed by atoms with van der Waals surface area (Å²) in [5, 5.41) is 2.73. The van der Waals surface area contributed by atoms with Crippen molar-refractivity contribution in [2.24, 2.45) is 11.1 Å². The number of rotatable bonds is 6. The molecule has 146 valence electrons. The first-order valence-corrected chi connectivity index (χ1v) is 8.38. The molecular formula is C18H22F3N5O. The molecule has 0 aliphatic heterocycles. The maximum Gasteiger partial charge on any atom is 0.433 e. The van der Waals surface area contributed by atoms with Gasteiger partial charge in [0.25, 0.3) is 0 Å². The van der Waals surface area contributed by atoms with Crippen LogP contribution in [-0.4, -0.2) is 26.9 Å². The standard InChI is InChI=1S/C18H22F3N5O/c1-17(2,3)7-4-12(15(22)27)24-14-10-13(18(19,20)21)25-16(26-14)11-5-8-23-9-6-11/h5-6,8-10,12H,4,7H2,1-3H3,(H2,22,27)(H,24,25,26). The molecule has 2 rings (SSSR count). The Labute approximate surface area is 155 Å². The molecule has 0 fully saturated rings. The highest BCUT2D eigenvalue weighted by molar-refractivity contribution is 5.82. The van der Waals surface area contributed by atoms with Crippen LogP contribution < -0.4 is 11.1 Å². The Balaban J connectivity index is 2.38. The van der Waals surface area contributed by atoms with E-state index in [0.29, 0.717) is 18.4 Å². The monoisotopic (exact) mass is 381 g/mol. The van der Waals surface area contributed by atoms with Crippen LogP contribution in [0.2, 0.25) is 0 Å². The number of alkyl halides is 3. The number of hydrogen-bond acceptors (Lipinski definition) is 5. The molecule has 2 aromatic rings. The van der Waals surface area contributed by atoms with E-state index in [-0.39, 0.29) is 17.1 Å². The second-order valence-electron chi connectivity index (χ2n) is 7.39. The van der Waals surface area contributed by atoms with Gasteiger partial charge in [-0.15, -0.1) is 0 Å². The summed E-state index contributed by atoms with van der Waals surface area (Å²) in [4.78, 5) is 23.3. The van der Waals surface area contributed by atoms with Gasteiger partial charge in [-0.25, -0.2) is 9.97 Å². The quantitative estimate of drug-likeness (QED) is 0.797. The van der Waals surface area contributed by atoms with Crippen LogP contribution in [0.4, 0.5) is 19.0 Å². The van der Waals surface area contributed by atoms with Crippen LogP contribution >= 0.6 is 0 Å². The molecule has 27 heavy (non-hydrogen) atoms. The topological polar surface area (TPSA) is 93.8 Å². The summed E-state index contributed by atoms with van der Waals surface area (Å²) in [6.45, 7) is 6.00. The van der Waals surface area contributed by atoms with E-state index in [1.807, 2.05) is 20.8 Å². The normalized spacial score (nSPS) is 13.3. The van der Waals surface area contributed by atoms with Crippen LogP contribution in [0.3, 0.4) is 0 Å². The minimum absolute atomic E-state index is 0.0552. The lowest BCUT2D eigenvalue weighted by atomic mass is 9.88. The smallest absolute Gasteiger partial charge is 0.368 e. The number of aromatic nitrogens is 3. The fourth-order valence-corrected chi connectivity index (χ4v) is 2.34. The lowest BCUT2D eigenvalue weighted by Gasteiger charge is -2.23. The van der Waals surface area contributed by atoms with Crippen molar-refractivity contribution in [3.05, 3.63) is 36.3 Å². The van der Waals surface area contributed by atoms with Crippen LogP contribution in [-0.2, 0) is 11.0 Å². The predicted molar refractivity (Wildman–Crippen MR) is 95.6 cm³/mol. The second-order valence-corrected chi connectivity index (χ2v) is 7.39. The lowest BCUT2D eigenvalue weighted by Crippen LogP contribution is -2.36. The summed E-state index contributed by atoms with van der Waals surface area (Å²) in [6.07, 6.45) is -0.769. The third kappa shape index (κ3) is 6.19. The van der Waals surface area contributed by atoms with Crippen molar-refractivity contribution in [1.82, 2.24) is 15.0 Å². The molecule has 0 radical (unpaired) electrons. The Hall–Kier alpha value is -2.71. The summed E-state index contributed by atoms with van der Waals surface area (Å²) < 4.78 is 39.7. The molecule has 0 bridgehead atoms. The SMILES string of the molecule is CC(C)(C)CCC(Nc1cc(C(F)(F)F)nc(-c2ccncc2)n1)C(N)=O. The van der Waals surface area contributed by atoms with E-state index in [9.17, 15) is 18.0 Å². The van der Waals surface area contributed by atoms with Crippen LogP contribution in [0, 0.1) is 5.41 Å². The number of nitrogens with one attached hydrogen (secondary N) is 1. The molecule has 0 spiro atoms. The first-order valence-electron chi connectivity index (χ1n) is 8.38. The first kappa shape index (κ1) is 20.6. The van der Waals surface area contributed by atoms with Crippen LogP contribution in [0.15, 0.2) is 30.6 Å². The Morgan fingerprint density at radius 3 is 2.33 bits per heavy atom. The van der Waals surface area contributed by atoms with E-state index in [2.05, 4.69) is 20.3 Å². The molecule has 0 aliphatic carbocycles. The molecule has 2 heterocycles. The van der Waals surface area contributed by atoms with Crippen LogP contribution in [0.25, 0.3) is 11.4 Å². The molecule has 0 aliphatic rings. The largest absolute Gasteiger partial charge is 0.433 e. The van der Waals surface area contributed by atoms with Crippen molar-refractivity contribution >= 4 is 11.7 Å². The van der Waals surface area contributed by atoms with Crippen molar-refractivity contribution in [2.45, 2.75) is 45.8 Å². The van der Waals surface area contributed by atoms with Gasteiger partial charge in [-0.1, -0.05) is 20.8 Å². The third-order valence-corrected chi connectivity index (χ3v) is 3.80. The van der Waals surface area contributed by atoms with Gasteiger partial charge >= 0.3 is 6.18 Å². The van der Waals surface area contributed by atoms with E-state index in [1.165, 1.54) is 24.5 Å². The fraction of sp³-hybridized carbons (Fsp3) is 0.444. The number of halogens is 3. The minimum Gasteiger partial charge on any atom is -0.368 e. The average molecular weight is 381 g/mol. The number of amides is 1. The molecule has 1 amide bonds. The Morgan fingerprint density at radius 2 is 1.81 bits per heavy atom. The van der Waals surface area contributed by atoms with Crippen molar-refractivity contribution < 1.29 is 18.0 Å². The molecule has 1 unspecified atom stereocenters. The maximum atomic E-state index is 13.2. The zero-order chi connectivity index (χ0) is 20.2. The lowest BCUT2D eigenvalue weighted by molar-refractivity contribution is -0.141. The van der Waals surface area contributed by atoms with E-state index < -0.39 is 23.8 Å². The van der Waals surface area contributed by atoms with Crippen molar-refractivity contribution in [1.29, 1.82) is 0 Å². The van der Waals surface area contributed by atoms with E-state index in [0.717, 1.165) is 6.07 Å². The number of hydrogen-bond donors (Lipinski definition) is 2. The summed E-state index contributed by atoms with van der Waals surface area (Å²) >= 11 is 0. The van der Waals surface area contributed by atoms with Gasteiger partial charge in [-0.05, 0) is 30.4 Å². The number of anilines is 1. The number of carbonyl (C=O) groups is 1. The van der Waals surface area contributed by atoms with E-state index >= 15 is 0 Å². The summed E-state index contributed by atoms with van der Waals surface area (Å²) in [6, 6.07) is 2.94. The van der Waals surface area contributed by atoms with Gasteiger partial charge in [0.1, 0.15) is 11.9 Å². The van der Waals surface area contributed by atoms with E-state index in [1.54, 1.807) is 0 Å². The predicted octanol–water partition coefficient (Wildman–Crippen LogP) is 3.65. The molecule has 6 nitrogen and oxygen atoms in total. The van der Waals surface area contributed by atoms with Crippen molar-refractivity contribution in [3.63, 3.8) is 0 Å². The van der Waals surface area contributed by atoms with Gasteiger partial charge < -0.3 is 11.1 Å². The third-order valence-electron chi connectivity index (χ3n) is 3.80. The van der Waals surface area contributed by atoms with Gasteiger partial charge in [0.15, 0.2) is 11.5 Å². The first-order chi connectivity index (χ1) is 12.5. The Bertz CT molecular complexity index is 788. The van der Waals surface area contributed by atoms with Gasteiger partial charge in [-0.2, -0.15) is 13.2 Å². The molecular weight excluding hydrogens is 359 g/mol. The van der Waals surface area contributed by atoms with E-state index in [4.69, 9.17) is 5.73 Å². The highest BCUT2D eigenvalue weighted by atomic mass is 19.4. The second kappa shape index (κ2) is 7.89. The molecule has 0 aromatic carbocycles. The molecule has 9 heteroatoms. The van der Waals surface area contributed by atoms with Crippen LogP contribution in [0.5, 0.6) is 0 Å². The highest BCUT2D eigenvalue weighted by Gasteiger charge is 2.34. The summed E-state index contributed by atoms with van der Waals surface area (Å²) in [7, 11) is 0. The zero-order valence-electron chi connectivity index (χ0n) is 15.3. The minimum atomic E-state index is -4.66.